The van der Waals surface area contributed by atoms with Gasteiger partial charge in [-0.05, 0) is 66.0 Å². The first-order valence-corrected chi connectivity index (χ1v) is 10.5. The van der Waals surface area contributed by atoms with Crippen LogP contribution >= 0.6 is 0 Å². The van der Waals surface area contributed by atoms with Gasteiger partial charge >= 0.3 is 0 Å². The average Bonchev–Trinajstić information content (AvgIpc) is 3.00. The Hall–Kier alpha value is -1.30. The molecule has 3 rings (SSSR count). The molecule has 0 heteroatoms. The molecule has 0 heterocycles. The zero-order valence-electron chi connectivity index (χ0n) is 16.3. The second-order valence-corrected chi connectivity index (χ2v) is 7.81. The van der Waals surface area contributed by atoms with Crippen LogP contribution in [0.4, 0.5) is 0 Å². The van der Waals surface area contributed by atoms with Crippen molar-refractivity contribution >= 4 is 0 Å². The van der Waals surface area contributed by atoms with E-state index in [-0.39, 0.29) is 0 Å². The average molecular weight is 335 g/mol. The first kappa shape index (κ1) is 18.5. The topological polar surface area (TPSA) is 0 Å². The van der Waals surface area contributed by atoms with Crippen molar-refractivity contribution in [1.29, 1.82) is 0 Å². The number of hydrogen-bond acceptors (Lipinski definition) is 0. The molecule has 0 saturated heterocycles. The van der Waals surface area contributed by atoms with E-state index in [4.69, 9.17) is 0 Å². The maximum atomic E-state index is 4.00. The molecule has 1 aromatic rings. The van der Waals surface area contributed by atoms with Gasteiger partial charge < -0.3 is 0 Å². The van der Waals surface area contributed by atoms with Gasteiger partial charge in [-0.15, -0.1) is 0 Å². The summed E-state index contributed by atoms with van der Waals surface area (Å²) < 4.78 is 0. The second kappa shape index (κ2) is 8.88. The van der Waals surface area contributed by atoms with Gasteiger partial charge in [-0.3, -0.25) is 0 Å². The molecule has 0 aliphatic heterocycles. The Kier molecular flexibility index (Phi) is 6.57. The highest BCUT2D eigenvalue weighted by Crippen LogP contribution is 2.51. The van der Waals surface area contributed by atoms with Crippen LogP contribution in [0.2, 0.25) is 0 Å². The Morgan fingerprint density at radius 3 is 2.48 bits per heavy atom. The van der Waals surface area contributed by atoms with Gasteiger partial charge in [-0.25, -0.2) is 0 Å². The van der Waals surface area contributed by atoms with Crippen LogP contribution in [0.15, 0.2) is 42.5 Å². The molecule has 25 heavy (non-hydrogen) atoms. The summed E-state index contributed by atoms with van der Waals surface area (Å²) in [6.07, 6.45) is 22.1. The van der Waals surface area contributed by atoms with Gasteiger partial charge in [0.1, 0.15) is 0 Å². The van der Waals surface area contributed by atoms with E-state index in [9.17, 15) is 0 Å². The van der Waals surface area contributed by atoms with E-state index < -0.39 is 0 Å². The third-order valence-electron chi connectivity index (χ3n) is 6.03. The zero-order chi connectivity index (χ0) is 17.6. The zero-order valence-corrected chi connectivity index (χ0v) is 16.3. The maximum Gasteiger partial charge on any atom is -0.000868 e. The lowest BCUT2D eigenvalue weighted by atomic mass is 9.77. The summed E-state index contributed by atoms with van der Waals surface area (Å²) in [4.78, 5) is 0. The molecule has 0 amide bonds. The summed E-state index contributed by atoms with van der Waals surface area (Å²) in [6, 6.07) is 7.07. The van der Waals surface area contributed by atoms with Crippen molar-refractivity contribution in [1.82, 2.24) is 0 Å². The van der Waals surface area contributed by atoms with Crippen LogP contribution in [0.25, 0.3) is 0 Å². The highest BCUT2D eigenvalue weighted by atomic mass is 14.5. The van der Waals surface area contributed by atoms with Gasteiger partial charge in [-0.1, -0.05) is 89.0 Å². The third kappa shape index (κ3) is 3.94. The van der Waals surface area contributed by atoms with E-state index in [2.05, 4.69) is 69.7 Å². The molecule has 0 bridgehead atoms. The van der Waals surface area contributed by atoms with Crippen LogP contribution in [-0.4, -0.2) is 0 Å². The lowest BCUT2D eigenvalue weighted by Crippen LogP contribution is -2.17. The molecule has 0 spiro atoms. The van der Waals surface area contributed by atoms with Crippen LogP contribution in [0.3, 0.4) is 0 Å². The second-order valence-electron chi connectivity index (χ2n) is 7.81. The summed E-state index contributed by atoms with van der Waals surface area (Å²) in [5.74, 6) is 2.40. The molecule has 2 radical (unpaired) electrons. The number of rotatable bonds is 8. The summed E-state index contributed by atoms with van der Waals surface area (Å²) in [6.45, 7) is 6.93. The molecule has 4 unspecified atom stereocenters. The van der Waals surface area contributed by atoms with Crippen molar-refractivity contribution in [3.05, 3.63) is 65.6 Å². The van der Waals surface area contributed by atoms with E-state index in [0.29, 0.717) is 17.8 Å². The standard InChI is InChI=1S/C25H34/c1-4-7-15-23-22-16-9-8-13-20(22)18-25(23)24-17-10-14-19(11-5-2)21(24)12-6-3/h8-10,13-14,16-17,20,22-23,25H,4-7,11-12,15H2,1-3H3. The molecule has 134 valence electrons. The van der Waals surface area contributed by atoms with Crippen LogP contribution in [-0.2, 0) is 12.8 Å². The predicted molar refractivity (Wildman–Crippen MR) is 109 cm³/mol. The summed E-state index contributed by atoms with van der Waals surface area (Å²) in [5.41, 5.74) is 4.81. The Labute approximate surface area is 155 Å². The van der Waals surface area contributed by atoms with Crippen LogP contribution in [0.1, 0.15) is 75.5 Å². The fourth-order valence-electron chi connectivity index (χ4n) is 4.88. The largest absolute Gasteiger partial charge is 0.0805 e. The molecule has 0 aromatic heterocycles. The maximum absolute atomic E-state index is 4.00. The minimum atomic E-state index is 0.507. The van der Waals surface area contributed by atoms with Crippen molar-refractivity contribution in [3.63, 3.8) is 0 Å². The van der Waals surface area contributed by atoms with Gasteiger partial charge in [-0.2, -0.15) is 0 Å². The van der Waals surface area contributed by atoms with E-state index in [1.165, 1.54) is 44.9 Å². The predicted octanol–water partition coefficient (Wildman–Crippen LogP) is 6.93. The molecule has 4 atom stereocenters. The number of fused-ring (bicyclic) bond motifs is 1. The van der Waals surface area contributed by atoms with Crippen molar-refractivity contribution < 1.29 is 0 Å². The van der Waals surface area contributed by atoms with Crippen LogP contribution in [0.5, 0.6) is 0 Å². The van der Waals surface area contributed by atoms with E-state index in [0.717, 1.165) is 5.92 Å². The van der Waals surface area contributed by atoms with Gasteiger partial charge in [0.05, 0.1) is 0 Å². The highest BCUT2D eigenvalue weighted by Gasteiger charge is 2.42. The van der Waals surface area contributed by atoms with Crippen molar-refractivity contribution in [2.24, 2.45) is 17.8 Å². The third-order valence-corrected chi connectivity index (χ3v) is 6.03. The molecule has 1 saturated carbocycles. The minimum absolute atomic E-state index is 0.507. The van der Waals surface area contributed by atoms with Crippen molar-refractivity contribution in [2.45, 2.75) is 71.6 Å². The van der Waals surface area contributed by atoms with Crippen molar-refractivity contribution in [2.75, 3.05) is 0 Å². The number of aryl methyl sites for hydroxylation is 1. The summed E-state index contributed by atoms with van der Waals surface area (Å²) in [7, 11) is 0. The Balaban J connectivity index is 1.96. The SMILES string of the molecule is CCCCC1C(c2cccc(CCC)c2CCC)[C]C2C=CC=CC21. The highest BCUT2D eigenvalue weighted by molar-refractivity contribution is 5.42. The van der Waals surface area contributed by atoms with Crippen LogP contribution < -0.4 is 0 Å². The number of benzene rings is 1. The first-order chi connectivity index (χ1) is 12.3. The number of hydrogen-bond donors (Lipinski definition) is 0. The van der Waals surface area contributed by atoms with E-state index in [1.54, 1.807) is 16.7 Å². The fraction of sp³-hybridized carbons (Fsp3) is 0.560. The molecular formula is C25H34. The van der Waals surface area contributed by atoms with Crippen molar-refractivity contribution in [3.8, 4) is 0 Å². The molecule has 0 nitrogen and oxygen atoms in total. The minimum Gasteiger partial charge on any atom is -0.0805 e. The molecule has 1 fully saturated rings. The van der Waals surface area contributed by atoms with Gasteiger partial charge in [0.2, 0.25) is 0 Å². The number of unbranched alkanes of at least 4 members (excludes halogenated alkanes) is 1. The lowest BCUT2D eigenvalue weighted by Gasteiger charge is -2.27. The Morgan fingerprint density at radius 1 is 0.920 bits per heavy atom. The lowest BCUT2D eigenvalue weighted by molar-refractivity contribution is 0.359. The monoisotopic (exact) mass is 334 g/mol. The molecular weight excluding hydrogens is 300 g/mol. The molecule has 0 N–H and O–H groups in total. The number of allylic oxidation sites excluding steroid dienone is 4. The summed E-state index contributed by atoms with van der Waals surface area (Å²) >= 11 is 0. The smallest absolute Gasteiger partial charge is 0.000868 e. The molecule has 2 aliphatic carbocycles. The van der Waals surface area contributed by atoms with E-state index in [1.807, 2.05) is 0 Å². The van der Waals surface area contributed by atoms with E-state index >= 15 is 0 Å². The van der Waals surface area contributed by atoms with Gasteiger partial charge in [0.25, 0.3) is 0 Å². The Bertz CT molecular complexity index is 606. The Morgan fingerprint density at radius 2 is 1.72 bits per heavy atom. The van der Waals surface area contributed by atoms with Gasteiger partial charge in [0.15, 0.2) is 0 Å². The van der Waals surface area contributed by atoms with Crippen LogP contribution in [0, 0.1) is 24.2 Å². The molecule has 2 aliphatic rings. The molecule has 1 aromatic carbocycles. The quantitative estimate of drug-likeness (QED) is 0.483. The fourth-order valence-corrected chi connectivity index (χ4v) is 4.88. The first-order valence-electron chi connectivity index (χ1n) is 10.5. The summed E-state index contributed by atoms with van der Waals surface area (Å²) in [5, 5.41) is 0. The van der Waals surface area contributed by atoms with Gasteiger partial charge in [0, 0.05) is 0 Å². The normalized spacial score (nSPS) is 27.6.